The molecular formula is C10H24O6. The molecule has 0 amide bonds. The van der Waals surface area contributed by atoms with Crippen molar-refractivity contribution in [2.24, 2.45) is 0 Å². The summed E-state index contributed by atoms with van der Waals surface area (Å²) in [6.45, 7) is 3.06. The molecular weight excluding hydrogens is 216 g/mol. The van der Waals surface area contributed by atoms with Gasteiger partial charge in [-0.25, -0.2) is 0 Å². The molecule has 0 aliphatic carbocycles. The van der Waals surface area contributed by atoms with Crippen molar-refractivity contribution in [2.75, 3.05) is 33.0 Å². The number of hydrogen-bond acceptors (Lipinski definition) is 6. The van der Waals surface area contributed by atoms with Crippen molar-refractivity contribution in [2.45, 2.75) is 20.0 Å². The van der Waals surface area contributed by atoms with Gasteiger partial charge in [0.2, 0.25) is 0 Å². The van der Waals surface area contributed by atoms with Crippen LogP contribution in [0.3, 0.4) is 0 Å². The number of rotatable bonds is 4. The van der Waals surface area contributed by atoms with E-state index in [1.54, 1.807) is 6.08 Å². The van der Waals surface area contributed by atoms with Crippen molar-refractivity contribution < 1.29 is 30.6 Å². The summed E-state index contributed by atoms with van der Waals surface area (Å²) in [5.41, 5.74) is 1.02. The van der Waals surface area contributed by atoms with Crippen LogP contribution >= 0.6 is 0 Å². The maximum atomic E-state index is 8.70. The Morgan fingerprint density at radius 1 is 0.875 bits per heavy atom. The molecule has 1 atom stereocenters. The minimum Gasteiger partial charge on any atom is -0.394 e. The third kappa shape index (κ3) is 37.5. The maximum Gasteiger partial charge on any atom is 0.0954 e. The first-order valence-electron chi connectivity index (χ1n) is 4.87. The van der Waals surface area contributed by atoms with Gasteiger partial charge < -0.3 is 30.6 Å². The SMILES string of the molecule is CC(C)=CC(O)CO.OCCO.OCCO. The van der Waals surface area contributed by atoms with Crippen molar-refractivity contribution in [3.05, 3.63) is 11.6 Å². The summed E-state index contributed by atoms with van der Waals surface area (Å²) in [6, 6.07) is 0. The first-order valence-corrected chi connectivity index (χ1v) is 4.87. The molecule has 1 unspecified atom stereocenters. The van der Waals surface area contributed by atoms with E-state index in [1.807, 2.05) is 13.8 Å². The van der Waals surface area contributed by atoms with E-state index in [4.69, 9.17) is 30.6 Å². The molecule has 0 spiro atoms. The minimum absolute atomic E-state index is 0.125. The average Bonchev–Trinajstić information content (AvgIpc) is 2.28. The Morgan fingerprint density at radius 2 is 1.19 bits per heavy atom. The van der Waals surface area contributed by atoms with Gasteiger partial charge in [0, 0.05) is 0 Å². The van der Waals surface area contributed by atoms with E-state index in [9.17, 15) is 0 Å². The predicted octanol–water partition coefficient (Wildman–Crippen LogP) is -1.75. The Morgan fingerprint density at radius 3 is 1.25 bits per heavy atom. The van der Waals surface area contributed by atoms with Crippen molar-refractivity contribution in [1.29, 1.82) is 0 Å². The van der Waals surface area contributed by atoms with Gasteiger partial charge in [0.1, 0.15) is 0 Å². The van der Waals surface area contributed by atoms with E-state index in [-0.39, 0.29) is 33.0 Å². The van der Waals surface area contributed by atoms with E-state index in [1.165, 1.54) is 0 Å². The van der Waals surface area contributed by atoms with E-state index in [2.05, 4.69) is 0 Å². The minimum atomic E-state index is -0.681. The summed E-state index contributed by atoms with van der Waals surface area (Å²) in [4.78, 5) is 0. The van der Waals surface area contributed by atoms with Crippen LogP contribution in [0.2, 0.25) is 0 Å². The molecule has 100 valence electrons. The van der Waals surface area contributed by atoms with Crippen LogP contribution in [-0.4, -0.2) is 69.8 Å². The Hall–Kier alpha value is -0.500. The smallest absolute Gasteiger partial charge is 0.0954 e. The summed E-state index contributed by atoms with van der Waals surface area (Å²) in [5.74, 6) is 0. The molecule has 0 aliphatic rings. The second kappa shape index (κ2) is 20.0. The molecule has 0 aromatic carbocycles. The van der Waals surface area contributed by atoms with Crippen LogP contribution < -0.4 is 0 Å². The third-order valence-corrected chi connectivity index (χ3v) is 0.913. The molecule has 0 aromatic rings. The molecule has 6 heteroatoms. The van der Waals surface area contributed by atoms with E-state index in [0.29, 0.717) is 0 Å². The fourth-order valence-corrected chi connectivity index (χ4v) is 0.437. The molecule has 0 aromatic heterocycles. The first kappa shape index (κ1) is 20.9. The summed E-state index contributed by atoms with van der Waals surface area (Å²) in [7, 11) is 0. The number of hydrogen-bond donors (Lipinski definition) is 6. The molecule has 0 heterocycles. The first-order chi connectivity index (χ1) is 7.49. The van der Waals surface area contributed by atoms with Gasteiger partial charge in [-0.3, -0.25) is 0 Å². The van der Waals surface area contributed by atoms with Crippen LogP contribution in [0.4, 0.5) is 0 Å². The van der Waals surface area contributed by atoms with Crippen LogP contribution in [-0.2, 0) is 0 Å². The fraction of sp³-hybridized carbons (Fsp3) is 0.800. The highest BCUT2D eigenvalue weighted by atomic mass is 16.3. The van der Waals surface area contributed by atoms with Crippen LogP contribution in [0.5, 0.6) is 0 Å². The van der Waals surface area contributed by atoms with Gasteiger partial charge in [-0.2, -0.15) is 0 Å². The Bertz CT molecular complexity index is 125. The van der Waals surface area contributed by atoms with Crippen molar-refractivity contribution in [3.63, 3.8) is 0 Å². The zero-order valence-corrected chi connectivity index (χ0v) is 9.87. The summed E-state index contributed by atoms with van der Waals surface area (Å²) >= 11 is 0. The zero-order valence-electron chi connectivity index (χ0n) is 9.87. The molecule has 0 saturated carbocycles. The maximum absolute atomic E-state index is 8.70. The lowest BCUT2D eigenvalue weighted by Crippen LogP contribution is -2.07. The zero-order chi connectivity index (χ0) is 13.4. The van der Waals surface area contributed by atoms with Gasteiger partial charge in [-0.15, -0.1) is 0 Å². The van der Waals surface area contributed by atoms with Crippen molar-refractivity contribution in [3.8, 4) is 0 Å². The van der Waals surface area contributed by atoms with E-state index >= 15 is 0 Å². The molecule has 0 bridgehead atoms. The normalized spacial score (nSPS) is 10.2. The number of allylic oxidation sites excluding steroid dienone is 1. The average molecular weight is 240 g/mol. The molecule has 0 fully saturated rings. The highest BCUT2D eigenvalue weighted by Gasteiger charge is 1.92. The molecule has 0 aliphatic heterocycles. The van der Waals surface area contributed by atoms with Crippen molar-refractivity contribution in [1.82, 2.24) is 0 Å². The standard InChI is InChI=1S/C6H12O2.2C2H6O2/c1-5(2)3-6(8)4-7;2*3-1-2-4/h3,6-8H,4H2,1-2H3;2*3-4H,1-2H2. The van der Waals surface area contributed by atoms with Crippen molar-refractivity contribution >= 4 is 0 Å². The lowest BCUT2D eigenvalue weighted by atomic mass is 10.2. The highest BCUT2D eigenvalue weighted by Crippen LogP contribution is 1.91. The van der Waals surface area contributed by atoms with Crippen LogP contribution in [0.15, 0.2) is 11.6 Å². The Balaban J connectivity index is -0.000000179. The summed E-state index contributed by atoms with van der Waals surface area (Å²) < 4.78 is 0. The Labute approximate surface area is 96.1 Å². The highest BCUT2D eigenvalue weighted by molar-refractivity contribution is 4.97. The molecule has 16 heavy (non-hydrogen) atoms. The predicted molar refractivity (Wildman–Crippen MR) is 60.9 cm³/mol. The van der Waals surface area contributed by atoms with Gasteiger partial charge in [-0.1, -0.05) is 11.6 Å². The second-order valence-electron chi connectivity index (χ2n) is 2.89. The van der Waals surface area contributed by atoms with Gasteiger partial charge >= 0.3 is 0 Å². The lowest BCUT2D eigenvalue weighted by Gasteiger charge is -1.98. The van der Waals surface area contributed by atoms with Gasteiger partial charge in [-0.05, 0) is 13.8 Å². The largest absolute Gasteiger partial charge is 0.394 e. The molecule has 0 rings (SSSR count). The fourth-order valence-electron chi connectivity index (χ4n) is 0.437. The van der Waals surface area contributed by atoms with Crippen LogP contribution in [0.25, 0.3) is 0 Å². The topological polar surface area (TPSA) is 121 Å². The number of aliphatic hydroxyl groups excluding tert-OH is 6. The number of aliphatic hydroxyl groups is 6. The summed E-state index contributed by atoms with van der Waals surface area (Å²) in [6.07, 6.45) is 0.931. The van der Waals surface area contributed by atoms with E-state index in [0.717, 1.165) is 5.57 Å². The summed E-state index contributed by atoms with van der Waals surface area (Å²) in [5, 5.41) is 47.5. The van der Waals surface area contributed by atoms with E-state index < -0.39 is 6.10 Å². The van der Waals surface area contributed by atoms with Gasteiger partial charge in [0.25, 0.3) is 0 Å². The van der Waals surface area contributed by atoms with Gasteiger partial charge in [0.15, 0.2) is 0 Å². The third-order valence-electron chi connectivity index (χ3n) is 0.913. The quantitative estimate of drug-likeness (QED) is 0.324. The molecule has 0 saturated heterocycles. The molecule has 6 nitrogen and oxygen atoms in total. The molecule has 6 N–H and O–H groups in total. The second-order valence-corrected chi connectivity index (χ2v) is 2.89. The Kier molecular flexibility index (Phi) is 26.0. The molecule has 0 radical (unpaired) electrons. The monoisotopic (exact) mass is 240 g/mol. The van der Waals surface area contributed by atoms with Crippen LogP contribution in [0.1, 0.15) is 13.8 Å². The lowest BCUT2D eigenvalue weighted by molar-refractivity contribution is 0.130. The van der Waals surface area contributed by atoms with Crippen LogP contribution in [0, 0.1) is 0 Å². The van der Waals surface area contributed by atoms with Gasteiger partial charge in [0.05, 0.1) is 39.1 Å².